The van der Waals surface area contributed by atoms with Gasteiger partial charge in [0.05, 0.1) is 28.6 Å². The fourth-order valence-electron chi connectivity index (χ4n) is 3.81. The molecule has 0 aliphatic carbocycles. The van der Waals surface area contributed by atoms with E-state index in [4.69, 9.17) is 5.73 Å². The molecule has 8 heteroatoms. The van der Waals surface area contributed by atoms with E-state index < -0.39 is 5.91 Å². The SMILES string of the molecule is NC(=O)c1ccc(N2CCCCC2)c(NC(=O)Cn2c(=O)cnc3ccccc32)c1. The van der Waals surface area contributed by atoms with E-state index in [1.807, 2.05) is 12.1 Å². The van der Waals surface area contributed by atoms with Crippen LogP contribution in [-0.4, -0.2) is 34.5 Å². The molecule has 1 aromatic heterocycles. The minimum Gasteiger partial charge on any atom is -0.370 e. The highest BCUT2D eigenvalue weighted by atomic mass is 16.2. The summed E-state index contributed by atoms with van der Waals surface area (Å²) < 4.78 is 1.39. The van der Waals surface area contributed by atoms with Gasteiger partial charge in [-0.3, -0.25) is 19.0 Å². The van der Waals surface area contributed by atoms with Gasteiger partial charge in [0.2, 0.25) is 11.8 Å². The number of nitrogens with zero attached hydrogens (tertiary/aromatic N) is 3. The van der Waals surface area contributed by atoms with Crippen LogP contribution in [0, 0.1) is 0 Å². The summed E-state index contributed by atoms with van der Waals surface area (Å²) in [6.45, 7) is 1.60. The van der Waals surface area contributed by atoms with Crippen LogP contribution in [0.5, 0.6) is 0 Å². The molecule has 2 aromatic carbocycles. The van der Waals surface area contributed by atoms with Gasteiger partial charge in [0.25, 0.3) is 5.56 Å². The number of fused-ring (bicyclic) bond motifs is 1. The van der Waals surface area contributed by atoms with E-state index in [0.29, 0.717) is 22.3 Å². The van der Waals surface area contributed by atoms with Crippen molar-refractivity contribution in [3.8, 4) is 0 Å². The summed E-state index contributed by atoms with van der Waals surface area (Å²) in [6.07, 6.45) is 4.53. The molecule has 30 heavy (non-hydrogen) atoms. The lowest BCUT2D eigenvalue weighted by molar-refractivity contribution is -0.116. The lowest BCUT2D eigenvalue weighted by Gasteiger charge is -2.30. The summed E-state index contributed by atoms with van der Waals surface area (Å²) in [7, 11) is 0. The van der Waals surface area contributed by atoms with E-state index in [2.05, 4.69) is 15.2 Å². The van der Waals surface area contributed by atoms with Crippen molar-refractivity contribution >= 4 is 34.2 Å². The smallest absolute Gasteiger partial charge is 0.269 e. The Labute approximate surface area is 173 Å². The van der Waals surface area contributed by atoms with Gasteiger partial charge in [-0.2, -0.15) is 0 Å². The van der Waals surface area contributed by atoms with Crippen LogP contribution in [0.1, 0.15) is 29.6 Å². The Hall–Kier alpha value is -3.68. The number of rotatable bonds is 5. The highest BCUT2D eigenvalue weighted by Gasteiger charge is 2.18. The van der Waals surface area contributed by atoms with Crippen LogP contribution in [0.15, 0.2) is 53.5 Å². The summed E-state index contributed by atoms with van der Waals surface area (Å²) in [4.78, 5) is 43.2. The van der Waals surface area contributed by atoms with Crippen LogP contribution in [0.3, 0.4) is 0 Å². The Kier molecular flexibility index (Phi) is 5.47. The number of nitrogens with two attached hydrogens (primary N) is 1. The van der Waals surface area contributed by atoms with E-state index in [0.717, 1.165) is 31.6 Å². The summed E-state index contributed by atoms with van der Waals surface area (Å²) in [5.41, 5.74) is 7.98. The van der Waals surface area contributed by atoms with Crippen molar-refractivity contribution in [3.63, 3.8) is 0 Å². The number of anilines is 2. The first-order valence-corrected chi connectivity index (χ1v) is 9.96. The van der Waals surface area contributed by atoms with E-state index in [9.17, 15) is 14.4 Å². The Balaban J connectivity index is 1.64. The molecule has 0 radical (unpaired) electrons. The number of aromatic nitrogens is 2. The lowest BCUT2D eigenvalue weighted by Crippen LogP contribution is -2.32. The van der Waals surface area contributed by atoms with E-state index in [1.165, 1.54) is 17.2 Å². The predicted octanol–water partition coefficient (Wildman–Crippen LogP) is 2.12. The van der Waals surface area contributed by atoms with Crippen LogP contribution in [-0.2, 0) is 11.3 Å². The van der Waals surface area contributed by atoms with Crippen molar-refractivity contribution in [3.05, 3.63) is 64.6 Å². The van der Waals surface area contributed by atoms with Crippen LogP contribution in [0.2, 0.25) is 0 Å². The number of carbonyl (C=O) groups excluding carboxylic acids is 2. The Morgan fingerprint density at radius 2 is 1.83 bits per heavy atom. The minimum absolute atomic E-state index is 0.165. The van der Waals surface area contributed by atoms with E-state index >= 15 is 0 Å². The fraction of sp³-hybridized carbons (Fsp3) is 0.273. The summed E-state index contributed by atoms with van der Waals surface area (Å²) in [5, 5.41) is 2.87. The fourth-order valence-corrected chi connectivity index (χ4v) is 3.81. The van der Waals surface area contributed by atoms with Crippen LogP contribution < -0.4 is 21.5 Å². The maximum Gasteiger partial charge on any atom is 0.269 e. The molecule has 8 nitrogen and oxygen atoms in total. The van der Waals surface area contributed by atoms with E-state index in [-0.39, 0.29) is 18.0 Å². The van der Waals surface area contributed by atoms with Crippen molar-refractivity contribution < 1.29 is 9.59 Å². The van der Waals surface area contributed by atoms with Gasteiger partial charge in [-0.1, -0.05) is 12.1 Å². The topological polar surface area (TPSA) is 110 Å². The van der Waals surface area contributed by atoms with Gasteiger partial charge in [-0.25, -0.2) is 4.98 Å². The average Bonchev–Trinajstić information content (AvgIpc) is 2.76. The van der Waals surface area contributed by atoms with Crippen LogP contribution in [0.25, 0.3) is 11.0 Å². The number of primary amides is 1. The van der Waals surface area contributed by atoms with Gasteiger partial charge in [-0.05, 0) is 49.6 Å². The van der Waals surface area contributed by atoms with Gasteiger partial charge >= 0.3 is 0 Å². The van der Waals surface area contributed by atoms with Crippen molar-refractivity contribution in [2.45, 2.75) is 25.8 Å². The van der Waals surface area contributed by atoms with Gasteiger partial charge in [0.1, 0.15) is 6.54 Å². The third-order valence-corrected chi connectivity index (χ3v) is 5.31. The molecule has 2 heterocycles. The maximum atomic E-state index is 12.9. The highest BCUT2D eigenvalue weighted by molar-refractivity contribution is 5.99. The molecule has 1 fully saturated rings. The molecule has 0 spiro atoms. The number of carbonyl (C=O) groups is 2. The van der Waals surface area contributed by atoms with Crippen molar-refractivity contribution in [2.24, 2.45) is 5.73 Å². The normalized spacial score (nSPS) is 13.9. The number of hydrogen-bond donors (Lipinski definition) is 2. The Bertz CT molecular complexity index is 1160. The molecule has 2 amide bonds. The number of piperidine rings is 1. The largest absolute Gasteiger partial charge is 0.370 e. The lowest BCUT2D eigenvalue weighted by atomic mass is 10.1. The molecule has 1 saturated heterocycles. The molecule has 0 atom stereocenters. The Morgan fingerprint density at radius 1 is 1.07 bits per heavy atom. The highest BCUT2D eigenvalue weighted by Crippen LogP contribution is 2.29. The second kappa shape index (κ2) is 8.36. The molecular weight excluding hydrogens is 382 g/mol. The molecular formula is C22H23N5O3. The molecule has 3 N–H and O–H groups in total. The molecule has 0 bridgehead atoms. The minimum atomic E-state index is -0.563. The first-order chi connectivity index (χ1) is 14.5. The molecule has 3 aromatic rings. The summed E-state index contributed by atoms with van der Waals surface area (Å²) in [6, 6.07) is 12.2. The summed E-state index contributed by atoms with van der Waals surface area (Å²) in [5.74, 6) is -0.930. The number of nitrogens with one attached hydrogen (secondary N) is 1. The van der Waals surface area contributed by atoms with Crippen molar-refractivity contribution in [1.29, 1.82) is 0 Å². The monoisotopic (exact) mass is 405 g/mol. The van der Waals surface area contributed by atoms with Crippen LogP contribution in [0.4, 0.5) is 11.4 Å². The molecule has 154 valence electrons. The molecule has 0 saturated carbocycles. The Morgan fingerprint density at radius 3 is 2.60 bits per heavy atom. The molecule has 1 aliphatic rings. The zero-order chi connectivity index (χ0) is 21.1. The third kappa shape index (κ3) is 4.03. The second-order valence-electron chi connectivity index (χ2n) is 7.36. The zero-order valence-electron chi connectivity index (χ0n) is 16.5. The first kappa shape index (κ1) is 19.6. The maximum absolute atomic E-state index is 12.9. The zero-order valence-corrected chi connectivity index (χ0v) is 16.5. The number of benzene rings is 2. The summed E-state index contributed by atoms with van der Waals surface area (Å²) >= 11 is 0. The van der Waals surface area contributed by atoms with Gasteiger partial charge in [0, 0.05) is 18.7 Å². The number of hydrogen-bond acceptors (Lipinski definition) is 5. The van der Waals surface area contributed by atoms with E-state index in [1.54, 1.807) is 30.3 Å². The second-order valence-corrected chi connectivity index (χ2v) is 7.36. The molecule has 1 aliphatic heterocycles. The number of amides is 2. The molecule has 4 rings (SSSR count). The van der Waals surface area contributed by atoms with Crippen molar-refractivity contribution in [1.82, 2.24) is 9.55 Å². The van der Waals surface area contributed by atoms with Crippen molar-refractivity contribution in [2.75, 3.05) is 23.3 Å². The van der Waals surface area contributed by atoms with Gasteiger partial charge in [-0.15, -0.1) is 0 Å². The average molecular weight is 405 g/mol. The predicted molar refractivity (Wildman–Crippen MR) is 116 cm³/mol. The quantitative estimate of drug-likeness (QED) is 0.676. The van der Waals surface area contributed by atoms with Gasteiger partial charge < -0.3 is 16.0 Å². The van der Waals surface area contributed by atoms with Gasteiger partial charge in [0.15, 0.2) is 0 Å². The number of para-hydroxylation sites is 2. The van der Waals surface area contributed by atoms with Crippen LogP contribution >= 0.6 is 0 Å². The first-order valence-electron chi connectivity index (χ1n) is 9.96. The third-order valence-electron chi connectivity index (χ3n) is 5.31. The molecule has 0 unspecified atom stereocenters. The standard InChI is InChI=1S/C22H23N5O3/c23-22(30)15-8-9-18(26-10-4-1-5-11-26)17(12-15)25-20(28)14-27-19-7-3-2-6-16(19)24-13-21(27)29/h2-3,6-9,12-13H,1,4-5,10-11,14H2,(H2,23,30)(H,25,28).